The molecule has 0 radical (unpaired) electrons. The minimum atomic E-state index is -0.432. The highest BCUT2D eigenvalue weighted by Gasteiger charge is 2.27. The van der Waals surface area contributed by atoms with Gasteiger partial charge in [-0.2, -0.15) is 0 Å². The number of aromatic nitrogens is 2. The number of para-hydroxylation sites is 1. The maximum atomic E-state index is 11.5. The SMILES string of the molecule is O=[N+]([O-])c1c(NNc2ccccc2)ncnc1N1CCCCC1. The second kappa shape index (κ2) is 6.91. The third kappa shape index (κ3) is 3.47. The van der Waals surface area contributed by atoms with Crippen LogP contribution in [-0.2, 0) is 0 Å². The van der Waals surface area contributed by atoms with Gasteiger partial charge in [-0.15, -0.1) is 0 Å². The Balaban J connectivity index is 1.85. The fourth-order valence-corrected chi connectivity index (χ4v) is 2.62. The second-order valence-electron chi connectivity index (χ2n) is 5.32. The molecule has 3 rings (SSSR count). The number of nitro groups is 1. The molecule has 8 heteroatoms. The van der Waals surface area contributed by atoms with E-state index in [1.54, 1.807) is 0 Å². The largest absolute Gasteiger partial charge is 0.355 e. The van der Waals surface area contributed by atoms with Gasteiger partial charge in [0.25, 0.3) is 0 Å². The van der Waals surface area contributed by atoms with E-state index >= 15 is 0 Å². The van der Waals surface area contributed by atoms with Gasteiger partial charge >= 0.3 is 5.69 Å². The molecular weight excluding hydrogens is 296 g/mol. The van der Waals surface area contributed by atoms with Crippen LogP contribution in [-0.4, -0.2) is 28.0 Å². The molecule has 1 aromatic heterocycles. The molecule has 1 aromatic carbocycles. The molecule has 0 amide bonds. The van der Waals surface area contributed by atoms with Crippen molar-refractivity contribution in [3.05, 3.63) is 46.8 Å². The summed E-state index contributed by atoms with van der Waals surface area (Å²) in [6.45, 7) is 1.56. The van der Waals surface area contributed by atoms with Crippen LogP contribution in [0.25, 0.3) is 0 Å². The van der Waals surface area contributed by atoms with Crippen molar-refractivity contribution in [3.8, 4) is 0 Å². The average molecular weight is 314 g/mol. The number of hydrogen-bond donors (Lipinski definition) is 2. The first-order valence-electron chi connectivity index (χ1n) is 7.57. The maximum absolute atomic E-state index is 11.5. The quantitative estimate of drug-likeness (QED) is 0.647. The summed E-state index contributed by atoms with van der Waals surface area (Å²) in [5.41, 5.74) is 6.44. The lowest BCUT2D eigenvalue weighted by Crippen LogP contribution is -2.31. The van der Waals surface area contributed by atoms with Crippen molar-refractivity contribution in [1.82, 2.24) is 9.97 Å². The summed E-state index contributed by atoms with van der Waals surface area (Å²) in [6.07, 6.45) is 4.54. The molecule has 2 heterocycles. The molecule has 0 atom stereocenters. The summed E-state index contributed by atoms with van der Waals surface area (Å²) in [5.74, 6) is 0.538. The molecule has 1 saturated heterocycles. The predicted octanol–water partition coefficient (Wildman–Crippen LogP) is 2.81. The molecule has 8 nitrogen and oxygen atoms in total. The lowest BCUT2D eigenvalue weighted by Gasteiger charge is -2.27. The highest BCUT2D eigenvalue weighted by molar-refractivity contribution is 5.71. The number of hydrogen-bond acceptors (Lipinski definition) is 7. The van der Waals surface area contributed by atoms with Crippen LogP contribution >= 0.6 is 0 Å². The van der Waals surface area contributed by atoms with Gasteiger partial charge in [-0.05, 0) is 31.4 Å². The van der Waals surface area contributed by atoms with Crippen LogP contribution in [0.2, 0.25) is 0 Å². The van der Waals surface area contributed by atoms with Crippen molar-refractivity contribution in [2.24, 2.45) is 0 Å². The minimum Gasteiger partial charge on any atom is -0.351 e. The van der Waals surface area contributed by atoms with Crippen molar-refractivity contribution >= 4 is 23.0 Å². The lowest BCUT2D eigenvalue weighted by molar-refractivity contribution is -0.383. The first-order chi connectivity index (χ1) is 11.3. The second-order valence-corrected chi connectivity index (χ2v) is 5.32. The van der Waals surface area contributed by atoms with Gasteiger partial charge in [0.1, 0.15) is 6.33 Å². The van der Waals surface area contributed by atoms with Gasteiger partial charge in [0, 0.05) is 13.1 Å². The summed E-state index contributed by atoms with van der Waals surface area (Å²) >= 11 is 0. The summed E-state index contributed by atoms with van der Waals surface area (Å²) in [6, 6.07) is 9.35. The third-order valence-electron chi connectivity index (χ3n) is 3.74. The Labute approximate surface area is 133 Å². The number of rotatable bonds is 5. The Hall–Kier alpha value is -2.90. The zero-order valence-electron chi connectivity index (χ0n) is 12.6. The Morgan fingerprint density at radius 3 is 2.48 bits per heavy atom. The zero-order chi connectivity index (χ0) is 16.1. The molecule has 2 aromatic rings. The summed E-state index contributed by atoms with van der Waals surface area (Å²) in [7, 11) is 0. The highest BCUT2D eigenvalue weighted by atomic mass is 16.6. The van der Waals surface area contributed by atoms with Gasteiger partial charge in [-0.1, -0.05) is 18.2 Å². The van der Waals surface area contributed by atoms with Crippen molar-refractivity contribution in [3.63, 3.8) is 0 Å². The maximum Gasteiger partial charge on any atom is 0.355 e. The van der Waals surface area contributed by atoms with E-state index in [-0.39, 0.29) is 11.5 Å². The van der Waals surface area contributed by atoms with Gasteiger partial charge in [0.05, 0.1) is 10.6 Å². The average Bonchev–Trinajstić information content (AvgIpc) is 2.61. The molecule has 0 unspecified atom stereocenters. The third-order valence-corrected chi connectivity index (χ3v) is 3.74. The molecule has 1 fully saturated rings. The van der Waals surface area contributed by atoms with E-state index in [1.807, 2.05) is 35.2 Å². The summed E-state index contributed by atoms with van der Waals surface area (Å²) < 4.78 is 0. The van der Waals surface area contributed by atoms with E-state index in [4.69, 9.17) is 0 Å². The fourth-order valence-electron chi connectivity index (χ4n) is 2.62. The number of nitrogens with zero attached hydrogens (tertiary/aromatic N) is 4. The highest BCUT2D eigenvalue weighted by Crippen LogP contribution is 2.33. The molecule has 0 bridgehead atoms. The number of benzene rings is 1. The van der Waals surface area contributed by atoms with Crippen LogP contribution in [0.4, 0.5) is 23.0 Å². The molecule has 23 heavy (non-hydrogen) atoms. The zero-order valence-corrected chi connectivity index (χ0v) is 12.6. The molecule has 0 aliphatic carbocycles. The van der Waals surface area contributed by atoms with Crippen LogP contribution in [0.15, 0.2) is 36.7 Å². The molecule has 0 saturated carbocycles. The van der Waals surface area contributed by atoms with E-state index < -0.39 is 4.92 Å². The van der Waals surface area contributed by atoms with Crippen LogP contribution in [0.1, 0.15) is 19.3 Å². The first-order valence-corrected chi connectivity index (χ1v) is 7.57. The molecular formula is C15H18N6O2. The number of hydrazine groups is 1. The van der Waals surface area contributed by atoms with E-state index in [1.165, 1.54) is 6.33 Å². The van der Waals surface area contributed by atoms with Gasteiger partial charge in [0.2, 0.25) is 11.6 Å². The topological polar surface area (TPSA) is 96.2 Å². The summed E-state index contributed by atoms with van der Waals surface area (Å²) in [5, 5.41) is 11.5. The fraction of sp³-hybridized carbons (Fsp3) is 0.333. The van der Waals surface area contributed by atoms with Crippen molar-refractivity contribution < 1.29 is 4.92 Å². The van der Waals surface area contributed by atoms with E-state index in [0.29, 0.717) is 5.82 Å². The minimum absolute atomic E-state index is 0.0992. The molecule has 120 valence electrons. The molecule has 1 aliphatic heterocycles. The smallest absolute Gasteiger partial charge is 0.351 e. The van der Waals surface area contributed by atoms with Crippen LogP contribution in [0.3, 0.4) is 0 Å². The lowest BCUT2D eigenvalue weighted by atomic mass is 10.1. The van der Waals surface area contributed by atoms with E-state index in [9.17, 15) is 10.1 Å². The number of nitrogens with one attached hydrogen (secondary N) is 2. The normalized spacial score (nSPS) is 14.3. The first kappa shape index (κ1) is 15.0. The van der Waals surface area contributed by atoms with Crippen LogP contribution < -0.4 is 15.8 Å². The Morgan fingerprint density at radius 1 is 1.04 bits per heavy atom. The van der Waals surface area contributed by atoms with Crippen molar-refractivity contribution in [1.29, 1.82) is 0 Å². The Kier molecular flexibility index (Phi) is 4.51. The molecule has 1 aliphatic rings. The number of anilines is 3. The molecule has 2 N–H and O–H groups in total. The van der Waals surface area contributed by atoms with Crippen molar-refractivity contribution in [2.75, 3.05) is 28.8 Å². The monoisotopic (exact) mass is 314 g/mol. The summed E-state index contributed by atoms with van der Waals surface area (Å²) in [4.78, 5) is 21.2. The Morgan fingerprint density at radius 2 is 1.78 bits per heavy atom. The van der Waals surface area contributed by atoms with Gasteiger partial charge in [-0.25, -0.2) is 9.97 Å². The van der Waals surface area contributed by atoms with Crippen LogP contribution in [0.5, 0.6) is 0 Å². The standard InChI is InChI=1S/C15H18N6O2/c22-21(23)13-14(19-18-12-7-3-1-4-8-12)16-11-17-15(13)20-9-5-2-6-10-20/h1,3-4,7-8,11,18H,2,5-6,9-10H2,(H,16,17,19). The van der Waals surface area contributed by atoms with E-state index in [0.717, 1.165) is 38.0 Å². The molecule has 0 spiro atoms. The van der Waals surface area contributed by atoms with Crippen LogP contribution in [0, 0.1) is 10.1 Å². The van der Waals surface area contributed by atoms with Crippen molar-refractivity contribution in [2.45, 2.75) is 19.3 Å². The number of piperidine rings is 1. The van der Waals surface area contributed by atoms with Gasteiger partial charge in [0.15, 0.2) is 0 Å². The van der Waals surface area contributed by atoms with Gasteiger partial charge < -0.3 is 4.90 Å². The van der Waals surface area contributed by atoms with E-state index in [2.05, 4.69) is 20.8 Å². The Bertz CT molecular complexity index is 673. The van der Waals surface area contributed by atoms with Gasteiger partial charge in [-0.3, -0.25) is 21.0 Å². The predicted molar refractivity (Wildman–Crippen MR) is 88.4 cm³/mol.